The molecule has 0 aliphatic carbocycles. The summed E-state index contributed by atoms with van der Waals surface area (Å²) in [6.45, 7) is 5.10. The number of nitrogens with one attached hydrogen (secondary N) is 2. The molecule has 0 saturated carbocycles. The number of hydrogen-bond donors (Lipinski definition) is 2. The molecule has 0 radical (unpaired) electrons. The first kappa shape index (κ1) is 19.7. The molecule has 2 N–H and O–H groups in total. The highest BCUT2D eigenvalue weighted by atomic mass is 16.2. The number of benzene rings is 1. The van der Waals surface area contributed by atoms with Crippen molar-refractivity contribution in [3.8, 4) is 0 Å². The number of rotatable bonds is 6. The first-order chi connectivity index (χ1) is 13.2. The zero-order chi connectivity index (χ0) is 18.9. The van der Waals surface area contributed by atoms with E-state index in [9.17, 15) is 9.59 Å². The summed E-state index contributed by atoms with van der Waals surface area (Å²) in [7, 11) is 0. The van der Waals surface area contributed by atoms with Gasteiger partial charge in [0.25, 0.3) is 0 Å². The molecule has 2 heterocycles. The molecule has 0 bridgehead atoms. The van der Waals surface area contributed by atoms with Crippen LogP contribution in [-0.4, -0.2) is 60.5 Å². The third-order valence-electron chi connectivity index (χ3n) is 5.50. The molecule has 3 amide bonds. The maximum Gasteiger partial charge on any atom is 0.315 e. The van der Waals surface area contributed by atoms with Gasteiger partial charge in [-0.1, -0.05) is 30.3 Å². The molecule has 27 heavy (non-hydrogen) atoms. The normalized spacial score (nSPS) is 18.9. The summed E-state index contributed by atoms with van der Waals surface area (Å²) in [6.07, 6.45) is 5.74. The lowest BCUT2D eigenvalue weighted by atomic mass is 10.0. The molecule has 1 aromatic carbocycles. The van der Waals surface area contributed by atoms with Crippen molar-refractivity contribution < 1.29 is 9.59 Å². The van der Waals surface area contributed by atoms with Gasteiger partial charge in [-0.05, 0) is 37.7 Å². The molecule has 2 aliphatic heterocycles. The molecule has 6 nitrogen and oxygen atoms in total. The van der Waals surface area contributed by atoms with Gasteiger partial charge in [-0.15, -0.1) is 0 Å². The van der Waals surface area contributed by atoms with Crippen LogP contribution in [0.25, 0.3) is 0 Å². The lowest BCUT2D eigenvalue weighted by molar-refractivity contribution is -0.131. The number of hydrogen-bond acceptors (Lipinski definition) is 3. The maximum atomic E-state index is 12.1. The minimum Gasteiger partial charge on any atom is -0.343 e. The second-order valence-electron chi connectivity index (χ2n) is 7.63. The van der Waals surface area contributed by atoms with Crippen LogP contribution in [0.2, 0.25) is 0 Å². The van der Waals surface area contributed by atoms with Gasteiger partial charge in [-0.25, -0.2) is 4.79 Å². The Hall–Kier alpha value is -2.08. The highest BCUT2D eigenvalue weighted by molar-refractivity contribution is 5.78. The van der Waals surface area contributed by atoms with Crippen LogP contribution in [-0.2, 0) is 11.3 Å². The molecule has 0 aromatic heterocycles. The van der Waals surface area contributed by atoms with E-state index in [1.807, 2.05) is 11.0 Å². The number of carbonyl (C=O) groups excluding carboxylic acids is 2. The Morgan fingerprint density at radius 3 is 2.37 bits per heavy atom. The average molecular weight is 373 g/mol. The molecule has 2 saturated heterocycles. The number of urea groups is 1. The quantitative estimate of drug-likeness (QED) is 0.806. The van der Waals surface area contributed by atoms with E-state index in [0.29, 0.717) is 13.0 Å². The number of piperidine rings is 2. The summed E-state index contributed by atoms with van der Waals surface area (Å²) in [5, 5.41) is 5.89. The molecule has 0 spiro atoms. The fourth-order valence-corrected chi connectivity index (χ4v) is 3.90. The van der Waals surface area contributed by atoms with Crippen molar-refractivity contribution in [2.24, 2.45) is 0 Å². The molecule has 6 heteroatoms. The average Bonchev–Trinajstić information content (AvgIpc) is 2.71. The van der Waals surface area contributed by atoms with Gasteiger partial charge in [0.1, 0.15) is 0 Å². The van der Waals surface area contributed by atoms with Crippen molar-refractivity contribution in [3.63, 3.8) is 0 Å². The van der Waals surface area contributed by atoms with E-state index in [1.54, 1.807) is 0 Å². The van der Waals surface area contributed by atoms with Gasteiger partial charge in [0.05, 0.1) is 0 Å². The van der Waals surface area contributed by atoms with Crippen molar-refractivity contribution in [2.45, 2.75) is 51.1 Å². The standard InChI is InChI=1S/C21H32N4O2/c26-20(25-13-5-2-6-14-25)9-12-22-21(27)23-19-10-15-24(16-11-19)17-18-7-3-1-4-8-18/h1,3-4,7-8,19H,2,5-6,9-17H2,(H2,22,23,27). The topological polar surface area (TPSA) is 64.7 Å². The van der Waals surface area contributed by atoms with Crippen LogP contribution >= 0.6 is 0 Å². The van der Waals surface area contributed by atoms with Gasteiger partial charge in [-0.2, -0.15) is 0 Å². The van der Waals surface area contributed by atoms with E-state index >= 15 is 0 Å². The predicted octanol–water partition coefficient (Wildman–Crippen LogP) is 2.35. The van der Waals surface area contributed by atoms with Crippen LogP contribution in [0.1, 0.15) is 44.1 Å². The van der Waals surface area contributed by atoms with Gasteiger partial charge >= 0.3 is 6.03 Å². The van der Waals surface area contributed by atoms with Crippen molar-refractivity contribution in [2.75, 3.05) is 32.7 Å². The predicted molar refractivity (Wildman–Crippen MR) is 106 cm³/mol. The van der Waals surface area contributed by atoms with E-state index in [-0.39, 0.29) is 18.0 Å². The highest BCUT2D eigenvalue weighted by Gasteiger charge is 2.21. The van der Waals surface area contributed by atoms with Gasteiger partial charge < -0.3 is 15.5 Å². The van der Waals surface area contributed by atoms with E-state index in [2.05, 4.69) is 39.8 Å². The van der Waals surface area contributed by atoms with Crippen molar-refractivity contribution in [1.82, 2.24) is 20.4 Å². The summed E-state index contributed by atoms with van der Waals surface area (Å²) in [4.78, 5) is 28.5. The summed E-state index contributed by atoms with van der Waals surface area (Å²) in [5.41, 5.74) is 1.33. The number of nitrogens with zero attached hydrogens (tertiary/aromatic N) is 2. The van der Waals surface area contributed by atoms with Crippen LogP contribution in [0.4, 0.5) is 4.79 Å². The van der Waals surface area contributed by atoms with Gasteiger partial charge in [0.2, 0.25) is 5.91 Å². The molecule has 2 fully saturated rings. The lowest BCUT2D eigenvalue weighted by Gasteiger charge is -2.32. The van der Waals surface area contributed by atoms with Gasteiger partial charge in [0, 0.05) is 51.7 Å². The van der Waals surface area contributed by atoms with Crippen molar-refractivity contribution >= 4 is 11.9 Å². The molecule has 148 valence electrons. The second-order valence-corrected chi connectivity index (χ2v) is 7.63. The number of amides is 3. The summed E-state index contributed by atoms with van der Waals surface area (Å²) >= 11 is 0. The number of likely N-dealkylation sites (tertiary alicyclic amines) is 2. The highest BCUT2D eigenvalue weighted by Crippen LogP contribution is 2.14. The minimum absolute atomic E-state index is 0.150. The zero-order valence-electron chi connectivity index (χ0n) is 16.2. The Bertz CT molecular complexity index is 593. The van der Waals surface area contributed by atoms with Crippen molar-refractivity contribution in [1.29, 1.82) is 0 Å². The van der Waals surface area contributed by atoms with Crippen molar-refractivity contribution in [3.05, 3.63) is 35.9 Å². The molecular weight excluding hydrogens is 340 g/mol. The lowest BCUT2D eigenvalue weighted by Crippen LogP contribution is -2.48. The smallest absolute Gasteiger partial charge is 0.315 e. The van der Waals surface area contributed by atoms with Crippen LogP contribution in [0.5, 0.6) is 0 Å². The van der Waals surface area contributed by atoms with Gasteiger partial charge in [0.15, 0.2) is 0 Å². The molecule has 3 rings (SSSR count). The monoisotopic (exact) mass is 372 g/mol. The SMILES string of the molecule is O=C(NCCC(=O)N1CCCCC1)NC1CCN(Cc2ccccc2)CC1. The van der Waals surface area contributed by atoms with Crippen LogP contribution in [0.3, 0.4) is 0 Å². The largest absolute Gasteiger partial charge is 0.343 e. The Morgan fingerprint density at radius 2 is 1.67 bits per heavy atom. The first-order valence-corrected chi connectivity index (χ1v) is 10.3. The molecule has 2 aliphatic rings. The van der Waals surface area contributed by atoms with E-state index < -0.39 is 0 Å². The van der Waals surface area contributed by atoms with Crippen LogP contribution in [0.15, 0.2) is 30.3 Å². The Labute approximate surface area is 162 Å². The maximum absolute atomic E-state index is 12.1. The molecule has 1 aromatic rings. The Morgan fingerprint density at radius 1 is 0.963 bits per heavy atom. The minimum atomic E-state index is -0.150. The van der Waals surface area contributed by atoms with E-state index in [1.165, 1.54) is 12.0 Å². The number of carbonyl (C=O) groups is 2. The first-order valence-electron chi connectivity index (χ1n) is 10.3. The summed E-state index contributed by atoms with van der Waals surface area (Å²) in [6, 6.07) is 10.6. The van der Waals surface area contributed by atoms with E-state index in [4.69, 9.17) is 0 Å². The van der Waals surface area contributed by atoms with Crippen LogP contribution in [0, 0.1) is 0 Å². The fourth-order valence-electron chi connectivity index (χ4n) is 3.90. The third kappa shape index (κ3) is 6.54. The molecular formula is C21H32N4O2. The summed E-state index contributed by atoms with van der Waals surface area (Å²) in [5.74, 6) is 0.157. The molecule has 0 atom stereocenters. The molecule has 0 unspecified atom stereocenters. The second kappa shape index (κ2) is 10.3. The summed E-state index contributed by atoms with van der Waals surface area (Å²) < 4.78 is 0. The Balaban J connectivity index is 1.28. The van der Waals surface area contributed by atoms with E-state index in [0.717, 1.165) is 58.4 Å². The van der Waals surface area contributed by atoms with Crippen LogP contribution < -0.4 is 10.6 Å². The fraction of sp³-hybridized carbons (Fsp3) is 0.619. The zero-order valence-corrected chi connectivity index (χ0v) is 16.2. The van der Waals surface area contributed by atoms with Gasteiger partial charge in [-0.3, -0.25) is 9.69 Å². The Kier molecular flexibility index (Phi) is 7.51. The third-order valence-corrected chi connectivity index (χ3v) is 5.50.